The molecule has 1 aliphatic carbocycles. The Morgan fingerprint density at radius 3 is 2.47 bits per heavy atom. The number of rotatable bonds is 14. The number of methoxy groups -OCH3 is 1. The number of nitrogens with one attached hydrogen (secondary N) is 3. The van der Waals surface area contributed by atoms with Crippen molar-refractivity contribution in [3.63, 3.8) is 0 Å². The maximum atomic E-state index is 16.0. The standard InChI is InChI=1S/C56H61FN10O7/c1-30-25-64(26-34-8-13-44-47(18-34)63(4)56(71)67(44)45-14-15-48(68)60-54(45)69)16-17-65(30)55(70)36-9-6-33(7-10-36)29-74-53-51(50-32(3)42(57)21-43-41(50)24-59-62-43)39(35-11-12-35)20-40-46(66-27-37-19-38(66)23-58-37)22-49(61-52(40)53)73-28-31(2)72-5/h6-10,13,18,20-22,24,30-31,35,37-38,45,58H,11-12,14-17,19,23,25-29H2,1-5H3,(H,59,62)(H,60,68,69)/t30-,31-,37-,38-,45?/m0/s1. The van der Waals surface area contributed by atoms with Crippen LogP contribution in [0.25, 0.3) is 44.0 Å². The van der Waals surface area contributed by atoms with Crippen LogP contribution >= 0.6 is 0 Å². The van der Waals surface area contributed by atoms with Gasteiger partial charge in [0, 0.05) is 112 Å². The van der Waals surface area contributed by atoms with Gasteiger partial charge in [0.05, 0.1) is 34.5 Å². The van der Waals surface area contributed by atoms with Crippen LogP contribution in [0.3, 0.4) is 0 Å². The Labute approximate surface area is 426 Å². The van der Waals surface area contributed by atoms with E-state index in [1.807, 2.05) is 61.2 Å². The number of amides is 3. The molecule has 1 saturated carbocycles. The number of imide groups is 1. The van der Waals surface area contributed by atoms with Crippen molar-refractivity contribution in [3.05, 3.63) is 111 Å². The predicted octanol–water partition coefficient (Wildman–Crippen LogP) is 6.62. The summed E-state index contributed by atoms with van der Waals surface area (Å²) in [7, 11) is 3.36. The van der Waals surface area contributed by atoms with Crippen LogP contribution in [-0.2, 0) is 34.5 Å². The summed E-state index contributed by atoms with van der Waals surface area (Å²) in [4.78, 5) is 64.1. The van der Waals surface area contributed by atoms with Gasteiger partial charge in [0.15, 0.2) is 5.75 Å². The molecule has 3 amide bonds. The molecule has 4 aliphatic heterocycles. The van der Waals surface area contributed by atoms with E-state index in [2.05, 4.69) is 49.7 Å². The maximum Gasteiger partial charge on any atom is 0.329 e. The Hall–Kier alpha value is -7.15. The molecule has 5 atom stereocenters. The van der Waals surface area contributed by atoms with Gasteiger partial charge in [-0.3, -0.25) is 38.8 Å². The number of hydrogen-bond acceptors (Lipinski definition) is 12. The second-order valence-electron chi connectivity index (χ2n) is 21.1. The number of pyridine rings is 1. The van der Waals surface area contributed by atoms with Crippen LogP contribution in [0.15, 0.2) is 71.7 Å². The average molecular weight is 1010 g/mol. The lowest BCUT2D eigenvalue weighted by Crippen LogP contribution is -2.53. The number of aromatic nitrogens is 5. The molecular weight excluding hydrogens is 944 g/mol. The Bertz CT molecular complexity index is 3460. The number of aromatic amines is 1. The Morgan fingerprint density at radius 1 is 0.932 bits per heavy atom. The van der Waals surface area contributed by atoms with Crippen molar-refractivity contribution in [1.29, 1.82) is 0 Å². The molecule has 0 spiro atoms. The summed E-state index contributed by atoms with van der Waals surface area (Å²) in [6, 6.07) is 19.2. The first-order valence-electron chi connectivity index (χ1n) is 25.9. The van der Waals surface area contributed by atoms with Crippen molar-refractivity contribution in [1.82, 2.24) is 44.7 Å². The topological polar surface area (TPSA) is 181 Å². The number of fused-ring (bicyclic) bond motifs is 5. The van der Waals surface area contributed by atoms with E-state index in [1.165, 1.54) is 10.6 Å². The maximum absolute atomic E-state index is 16.0. The fourth-order valence-corrected chi connectivity index (χ4v) is 11.9. The molecule has 5 aliphatic rings. The van der Waals surface area contributed by atoms with E-state index in [0.29, 0.717) is 89.7 Å². The summed E-state index contributed by atoms with van der Waals surface area (Å²) in [5.74, 6) is 0.0860. The lowest BCUT2D eigenvalue weighted by atomic mass is 9.88. The van der Waals surface area contributed by atoms with Crippen LogP contribution in [0.2, 0.25) is 0 Å². The SMILES string of the molecule is CO[C@@H](C)COc1cc(N2C[C@@H]3C[C@H]2CN3)c2cc(C3CC3)c(-c3c(C)c(F)cc4[nH]ncc34)c(OCc3ccc(C(=O)N4CCN(Cc5ccc6c(c5)n(C)c(=O)n6C5CCC(=O)NC5=O)C[C@@H]4C)cc3)c2n1. The number of nitrogens with zero attached hydrogens (tertiary/aromatic N) is 7. The molecule has 0 radical (unpaired) electrons. The van der Waals surface area contributed by atoms with Crippen molar-refractivity contribution in [2.45, 2.75) is 102 Å². The fourth-order valence-electron chi connectivity index (χ4n) is 11.9. The predicted molar refractivity (Wildman–Crippen MR) is 278 cm³/mol. The zero-order valence-corrected chi connectivity index (χ0v) is 42.4. The lowest BCUT2D eigenvalue weighted by molar-refractivity contribution is -0.135. The molecule has 4 aromatic carbocycles. The summed E-state index contributed by atoms with van der Waals surface area (Å²) in [6.45, 7) is 10.5. The molecular formula is C56H61FN10O7. The number of carbonyl (C=O) groups is 3. The molecule has 74 heavy (non-hydrogen) atoms. The number of piperazine rings is 2. The summed E-state index contributed by atoms with van der Waals surface area (Å²) in [5, 5.41) is 15.1. The van der Waals surface area contributed by atoms with Gasteiger partial charge in [-0.15, -0.1) is 0 Å². The summed E-state index contributed by atoms with van der Waals surface area (Å²) >= 11 is 0. The smallest absolute Gasteiger partial charge is 0.329 e. The molecule has 5 fully saturated rings. The van der Waals surface area contributed by atoms with Crippen LogP contribution in [-0.4, -0.2) is 123 Å². The van der Waals surface area contributed by atoms with E-state index in [9.17, 15) is 19.2 Å². The largest absolute Gasteiger partial charge is 0.486 e. The summed E-state index contributed by atoms with van der Waals surface area (Å²) in [5.41, 5.74) is 8.90. The minimum absolute atomic E-state index is 0.0511. The number of anilines is 1. The van der Waals surface area contributed by atoms with Gasteiger partial charge in [0.1, 0.15) is 30.6 Å². The molecule has 3 N–H and O–H groups in total. The second-order valence-corrected chi connectivity index (χ2v) is 21.1. The Kier molecular flexibility index (Phi) is 12.3. The molecule has 384 valence electrons. The van der Waals surface area contributed by atoms with Crippen LogP contribution < -0.4 is 30.7 Å². The van der Waals surface area contributed by atoms with E-state index in [4.69, 9.17) is 19.2 Å². The normalized spacial score (nSPS) is 21.6. The third kappa shape index (κ3) is 8.55. The lowest BCUT2D eigenvalue weighted by Gasteiger charge is -2.40. The van der Waals surface area contributed by atoms with Crippen molar-refractivity contribution < 1.29 is 33.0 Å². The van der Waals surface area contributed by atoms with Crippen LogP contribution in [0.4, 0.5) is 10.1 Å². The molecule has 7 heterocycles. The summed E-state index contributed by atoms with van der Waals surface area (Å²) in [6.07, 6.45) is 5.12. The second kappa shape index (κ2) is 19.0. The van der Waals surface area contributed by atoms with Crippen LogP contribution in [0.5, 0.6) is 11.6 Å². The van der Waals surface area contributed by atoms with Gasteiger partial charge in [-0.2, -0.15) is 5.10 Å². The zero-order valence-electron chi connectivity index (χ0n) is 42.4. The van der Waals surface area contributed by atoms with Crippen molar-refractivity contribution >= 4 is 56.2 Å². The van der Waals surface area contributed by atoms with E-state index in [1.54, 1.807) is 24.9 Å². The van der Waals surface area contributed by atoms with E-state index in [0.717, 1.165) is 76.6 Å². The number of halogens is 1. The molecule has 1 unspecified atom stereocenters. The molecule has 4 saturated heterocycles. The molecule has 17 nitrogen and oxygen atoms in total. The monoisotopic (exact) mass is 1000 g/mol. The number of H-pyrrole nitrogens is 1. The van der Waals surface area contributed by atoms with Gasteiger partial charge in [-0.05, 0) is 111 Å². The number of carbonyl (C=O) groups excluding carboxylic acids is 3. The van der Waals surface area contributed by atoms with Gasteiger partial charge < -0.3 is 29.3 Å². The van der Waals surface area contributed by atoms with E-state index >= 15 is 4.39 Å². The third-order valence-electron chi connectivity index (χ3n) is 16.1. The highest BCUT2D eigenvalue weighted by Crippen LogP contribution is 2.54. The molecule has 3 aromatic heterocycles. The van der Waals surface area contributed by atoms with E-state index < -0.39 is 11.9 Å². The molecule has 18 heteroatoms. The van der Waals surface area contributed by atoms with Crippen LogP contribution in [0, 0.1) is 12.7 Å². The number of piperidine rings is 1. The van der Waals surface area contributed by atoms with Gasteiger partial charge >= 0.3 is 5.69 Å². The van der Waals surface area contributed by atoms with Crippen molar-refractivity contribution in [3.8, 4) is 22.8 Å². The number of hydrogen-bond donors (Lipinski definition) is 3. The molecule has 7 aromatic rings. The first-order valence-corrected chi connectivity index (χ1v) is 25.9. The highest BCUT2D eigenvalue weighted by atomic mass is 19.1. The average Bonchev–Trinajstić information content (AvgIpc) is 3.64. The first-order chi connectivity index (χ1) is 35.8. The zero-order chi connectivity index (χ0) is 51.1. The molecule has 2 bridgehead atoms. The highest BCUT2D eigenvalue weighted by molar-refractivity contribution is 6.07. The van der Waals surface area contributed by atoms with Crippen molar-refractivity contribution in [2.24, 2.45) is 7.05 Å². The fraction of sp³-hybridized carbons (Fsp3) is 0.429. The number of benzene rings is 4. The Morgan fingerprint density at radius 2 is 1.74 bits per heavy atom. The number of aryl methyl sites for hydroxylation is 1. The van der Waals surface area contributed by atoms with Gasteiger partial charge in [0.25, 0.3) is 5.91 Å². The van der Waals surface area contributed by atoms with Gasteiger partial charge in [-0.25, -0.2) is 14.2 Å². The molecule has 12 rings (SSSR count). The Balaban J connectivity index is 0.813. The van der Waals surface area contributed by atoms with E-state index in [-0.39, 0.29) is 60.8 Å². The minimum Gasteiger partial charge on any atom is -0.486 e. The highest BCUT2D eigenvalue weighted by Gasteiger charge is 2.40. The van der Waals surface area contributed by atoms with Gasteiger partial charge in [0.2, 0.25) is 17.7 Å². The minimum atomic E-state index is -0.744. The van der Waals surface area contributed by atoms with Crippen molar-refractivity contribution in [2.75, 3.05) is 51.3 Å². The van der Waals surface area contributed by atoms with Gasteiger partial charge in [-0.1, -0.05) is 18.2 Å². The summed E-state index contributed by atoms with van der Waals surface area (Å²) < 4.78 is 38.1. The first kappa shape index (κ1) is 47.8. The number of imidazole rings is 1. The quantitative estimate of drug-likeness (QED) is 0.0993. The van der Waals surface area contributed by atoms with Crippen LogP contribution in [0.1, 0.15) is 90.5 Å². The number of ether oxygens (including phenoxy) is 3. The third-order valence-corrected chi connectivity index (χ3v) is 16.1.